The maximum atomic E-state index is 12.9. The quantitative estimate of drug-likeness (QED) is 0.266. The predicted molar refractivity (Wildman–Crippen MR) is 152 cm³/mol. The average molecular weight is 570 g/mol. The number of rotatable bonds is 9. The standard InChI is InChI=1S/C33H35F4NO3/c1-2-22-20-27(41-33(35,36)37)12-14-29(22)31-6-3-5-24-19-25(39)9-13-30(24)32(31)23-7-10-26(11-8-23)40-28-15-18-38(21-28)17-4-16-34/h7-14,19-20,28,39H,2-6,15-18,21H2,1H3/t28-/m0/s1. The Hall–Kier alpha value is -3.52. The van der Waals surface area contributed by atoms with Crippen LogP contribution in [0.25, 0.3) is 11.1 Å². The molecule has 1 N–H and O–H groups in total. The minimum atomic E-state index is -4.75. The van der Waals surface area contributed by atoms with Crippen LogP contribution in [0.15, 0.2) is 60.7 Å². The zero-order valence-electron chi connectivity index (χ0n) is 23.1. The van der Waals surface area contributed by atoms with Crippen molar-refractivity contribution in [3.8, 4) is 17.2 Å². The van der Waals surface area contributed by atoms with Gasteiger partial charge in [0.1, 0.15) is 23.4 Å². The summed E-state index contributed by atoms with van der Waals surface area (Å²) in [5, 5.41) is 10.2. The molecule has 1 heterocycles. The SMILES string of the molecule is CCc1cc(OC(F)(F)F)ccc1C1=C(c2ccc(O[C@H]3CCN(CCCF)C3)cc2)c2ccc(O)cc2CCC1. The fourth-order valence-corrected chi connectivity index (χ4v) is 6.00. The highest BCUT2D eigenvalue weighted by Gasteiger charge is 2.31. The molecule has 0 amide bonds. The first-order chi connectivity index (χ1) is 19.7. The number of nitrogens with zero attached hydrogens (tertiary/aromatic N) is 1. The molecule has 1 aliphatic heterocycles. The van der Waals surface area contributed by atoms with Crippen LogP contribution in [0.4, 0.5) is 17.6 Å². The van der Waals surface area contributed by atoms with Crippen LogP contribution in [-0.2, 0) is 12.8 Å². The highest BCUT2D eigenvalue weighted by molar-refractivity contribution is 6.00. The van der Waals surface area contributed by atoms with Gasteiger partial charge < -0.3 is 14.6 Å². The van der Waals surface area contributed by atoms with Gasteiger partial charge in [0.15, 0.2) is 0 Å². The van der Waals surface area contributed by atoms with Crippen molar-refractivity contribution in [2.45, 2.75) is 57.9 Å². The summed E-state index contributed by atoms with van der Waals surface area (Å²) in [4.78, 5) is 2.23. The number of benzene rings is 3. The summed E-state index contributed by atoms with van der Waals surface area (Å²) in [6.45, 7) is 4.03. The number of aromatic hydroxyl groups is 1. The molecule has 0 radical (unpaired) electrons. The third kappa shape index (κ3) is 7.04. The number of halogens is 4. The summed E-state index contributed by atoms with van der Waals surface area (Å²) in [5.41, 5.74) is 6.73. The van der Waals surface area contributed by atoms with E-state index in [9.17, 15) is 22.7 Å². The van der Waals surface area contributed by atoms with Crippen LogP contribution in [0.1, 0.15) is 60.4 Å². The first kappa shape index (κ1) is 29.0. The van der Waals surface area contributed by atoms with Gasteiger partial charge in [0.05, 0.1) is 6.67 Å². The molecule has 218 valence electrons. The molecular weight excluding hydrogens is 534 g/mol. The van der Waals surface area contributed by atoms with Crippen LogP contribution in [0.2, 0.25) is 0 Å². The Kier molecular flexibility index (Phi) is 8.88. The molecule has 4 nitrogen and oxygen atoms in total. The van der Waals surface area contributed by atoms with Crippen molar-refractivity contribution < 1.29 is 32.1 Å². The van der Waals surface area contributed by atoms with Crippen molar-refractivity contribution >= 4 is 11.1 Å². The number of likely N-dealkylation sites (tertiary alicyclic amines) is 1. The number of hydrogen-bond donors (Lipinski definition) is 1. The smallest absolute Gasteiger partial charge is 0.508 e. The summed E-state index contributed by atoms with van der Waals surface area (Å²) in [6, 6.07) is 17.9. The van der Waals surface area contributed by atoms with Crippen molar-refractivity contribution in [2.75, 3.05) is 26.3 Å². The van der Waals surface area contributed by atoms with Crippen LogP contribution < -0.4 is 9.47 Å². The molecule has 3 aromatic rings. The summed E-state index contributed by atoms with van der Waals surface area (Å²) in [6.07, 6.45) is -0.386. The monoisotopic (exact) mass is 569 g/mol. The first-order valence-electron chi connectivity index (χ1n) is 14.2. The van der Waals surface area contributed by atoms with E-state index in [2.05, 4.69) is 9.64 Å². The molecule has 41 heavy (non-hydrogen) atoms. The normalized spacial score (nSPS) is 17.8. The Balaban J connectivity index is 1.51. The number of allylic oxidation sites excluding steroid dienone is 1. The molecule has 1 aliphatic carbocycles. The number of fused-ring (bicyclic) bond motifs is 1. The van der Waals surface area contributed by atoms with Crippen LogP contribution in [0.3, 0.4) is 0 Å². The van der Waals surface area contributed by atoms with Crippen LogP contribution in [-0.4, -0.2) is 48.8 Å². The van der Waals surface area contributed by atoms with E-state index in [4.69, 9.17) is 4.74 Å². The van der Waals surface area contributed by atoms with Crippen molar-refractivity contribution in [3.63, 3.8) is 0 Å². The van der Waals surface area contributed by atoms with Gasteiger partial charge in [-0.3, -0.25) is 9.29 Å². The van der Waals surface area contributed by atoms with Crippen LogP contribution in [0, 0.1) is 0 Å². The van der Waals surface area contributed by atoms with E-state index in [0.29, 0.717) is 12.8 Å². The molecule has 1 atom stereocenters. The Morgan fingerprint density at radius 2 is 1.71 bits per heavy atom. The van der Waals surface area contributed by atoms with Crippen LogP contribution in [0.5, 0.6) is 17.2 Å². The zero-order chi connectivity index (χ0) is 29.0. The molecule has 3 aromatic carbocycles. The molecule has 2 aliphatic rings. The summed E-state index contributed by atoms with van der Waals surface area (Å²) >= 11 is 0. The number of aryl methyl sites for hydroxylation is 2. The van der Waals surface area contributed by atoms with Gasteiger partial charge in [-0.1, -0.05) is 31.2 Å². The summed E-state index contributed by atoms with van der Waals surface area (Å²) in [5.74, 6) is 0.738. The molecule has 0 bridgehead atoms. The van der Waals surface area contributed by atoms with Crippen molar-refractivity contribution in [2.24, 2.45) is 0 Å². The topological polar surface area (TPSA) is 41.9 Å². The minimum absolute atomic E-state index is 0.0568. The second kappa shape index (κ2) is 12.6. The maximum Gasteiger partial charge on any atom is 0.573 e. The molecule has 5 rings (SSSR count). The van der Waals surface area contributed by atoms with Crippen molar-refractivity contribution in [3.05, 3.63) is 88.5 Å². The molecule has 0 spiro atoms. The molecule has 1 saturated heterocycles. The number of hydrogen-bond acceptors (Lipinski definition) is 4. The van der Waals surface area contributed by atoms with Gasteiger partial charge in [0.2, 0.25) is 0 Å². The van der Waals surface area contributed by atoms with Gasteiger partial charge in [-0.2, -0.15) is 0 Å². The Morgan fingerprint density at radius 3 is 2.44 bits per heavy atom. The maximum absolute atomic E-state index is 12.9. The number of alkyl halides is 4. The van der Waals surface area contributed by atoms with Gasteiger partial charge in [-0.15, -0.1) is 13.2 Å². The highest BCUT2D eigenvalue weighted by Crippen LogP contribution is 2.43. The van der Waals surface area contributed by atoms with E-state index in [1.807, 2.05) is 37.3 Å². The molecule has 8 heteroatoms. The van der Waals surface area contributed by atoms with Gasteiger partial charge in [-0.05, 0) is 114 Å². The van der Waals surface area contributed by atoms with Gasteiger partial charge in [0, 0.05) is 19.6 Å². The molecule has 0 aromatic heterocycles. The lowest BCUT2D eigenvalue weighted by Crippen LogP contribution is -2.26. The summed E-state index contributed by atoms with van der Waals surface area (Å²) in [7, 11) is 0. The third-order valence-corrected chi connectivity index (χ3v) is 7.83. The molecule has 0 saturated carbocycles. The fourth-order valence-electron chi connectivity index (χ4n) is 6.00. The van der Waals surface area contributed by atoms with Gasteiger partial charge in [-0.25, -0.2) is 0 Å². The van der Waals surface area contributed by atoms with E-state index in [1.165, 1.54) is 12.1 Å². The lowest BCUT2D eigenvalue weighted by atomic mass is 9.85. The number of phenols is 1. The Bertz CT molecular complexity index is 1380. The fraction of sp³-hybridized carbons (Fsp3) is 0.394. The lowest BCUT2D eigenvalue weighted by molar-refractivity contribution is -0.274. The Labute approximate surface area is 238 Å². The van der Waals surface area contributed by atoms with E-state index < -0.39 is 6.36 Å². The molecule has 0 unspecified atom stereocenters. The van der Waals surface area contributed by atoms with Crippen LogP contribution >= 0.6 is 0 Å². The van der Waals surface area contributed by atoms with E-state index in [0.717, 1.165) is 90.0 Å². The van der Waals surface area contributed by atoms with E-state index >= 15 is 0 Å². The highest BCUT2D eigenvalue weighted by atomic mass is 19.4. The number of ether oxygens (including phenoxy) is 2. The number of phenolic OH excluding ortho intramolecular Hbond substituents is 1. The average Bonchev–Trinajstić information content (AvgIpc) is 3.30. The van der Waals surface area contributed by atoms with E-state index in [1.54, 1.807) is 18.2 Å². The Morgan fingerprint density at radius 1 is 0.951 bits per heavy atom. The molecule has 1 fully saturated rings. The summed E-state index contributed by atoms with van der Waals surface area (Å²) < 4.78 is 61.8. The predicted octanol–water partition coefficient (Wildman–Crippen LogP) is 7.96. The molecular formula is C33H35F4NO3. The van der Waals surface area contributed by atoms with E-state index in [-0.39, 0.29) is 24.3 Å². The minimum Gasteiger partial charge on any atom is -0.508 e. The lowest BCUT2D eigenvalue weighted by Gasteiger charge is -2.20. The third-order valence-electron chi connectivity index (χ3n) is 7.83. The zero-order valence-corrected chi connectivity index (χ0v) is 23.1. The van der Waals surface area contributed by atoms with Gasteiger partial charge in [0.25, 0.3) is 0 Å². The second-order valence-corrected chi connectivity index (χ2v) is 10.7. The largest absolute Gasteiger partial charge is 0.573 e. The van der Waals surface area contributed by atoms with Gasteiger partial charge >= 0.3 is 6.36 Å². The van der Waals surface area contributed by atoms with Crippen molar-refractivity contribution in [1.29, 1.82) is 0 Å². The first-order valence-corrected chi connectivity index (χ1v) is 14.2. The second-order valence-electron chi connectivity index (χ2n) is 10.7. The van der Waals surface area contributed by atoms with Crippen molar-refractivity contribution in [1.82, 2.24) is 4.90 Å².